The number of rotatable bonds is 6. The van der Waals surface area contributed by atoms with Crippen LogP contribution in [-0.4, -0.2) is 29.3 Å². The first-order chi connectivity index (χ1) is 7.24. The molecule has 0 heterocycles. The van der Waals surface area contributed by atoms with Crippen LogP contribution in [0.1, 0.15) is 6.92 Å². The number of aliphatic hydroxyl groups is 1. The Morgan fingerprint density at radius 1 is 1.47 bits per heavy atom. The lowest BCUT2D eigenvalue weighted by Gasteiger charge is -2.09. The van der Waals surface area contributed by atoms with Gasteiger partial charge in [-0.1, -0.05) is 30.7 Å². The molecule has 0 fully saturated rings. The normalized spacial score (nSPS) is 12.5. The van der Waals surface area contributed by atoms with Crippen molar-refractivity contribution in [2.24, 2.45) is 0 Å². The summed E-state index contributed by atoms with van der Waals surface area (Å²) >= 11 is 7.60. The molecule has 1 rings (SSSR count). The number of halogens is 1. The van der Waals surface area contributed by atoms with Gasteiger partial charge in [-0.3, -0.25) is 0 Å². The molecule has 0 bridgehead atoms. The summed E-state index contributed by atoms with van der Waals surface area (Å²) in [6.07, 6.45) is 0. The Morgan fingerprint density at radius 3 is 2.87 bits per heavy atom. The number of benzene rings is 1. The van der Waals surface area contributed by atoms with Crippen LogP contribution in [0.15, 0.2) is 24.3 Å². The van der Waals surface area contributed by atoms with Gasteiger partial charge >= 0.3 is 0 Å². The highest BCUT2D eigenvalue weighted by Gasteiger charge is 2.02. The van der Waals surface area contributed by atoms with Crippen molar-refractivity contribution in [1.82, 2.24) is 0 Å². The summed E-state index contributed by atoms with van der Waals surface area (Å²) in [6.45, 7) is 2.80. The van der Waals surface area contributed by atoms with Crippen LogP contribution < -0.4 is 4.74 Å². The standard InChI is InChI=1S/C11H15ClO2S/c1-9(8-13)15-7-6-14-11-5-3-2-4-10(11)12/h2-5,9,13H,6-8H2,1H3. The van der Waals surface area contributed by atoms with E-state index in [1.165, 1.54) is 0 Å². The lowest BCUT2D eigenvalue weighted by Crippen LogP contribution is -2.07. The van der Waals surface area contributed by atoms with Crippen LogP contribution in [0.3, 0.4) is 0 Å². The van der Waals surface area contributed by atoms with Crippen molar-refractivity contribution >= 4 is 23.4 Å². The fraction of sp³-hybridized carbons (Fsp3) is 0.455. The molecule has 1 N–H and O–H groups in total. The zero-order valence-electron chi connectivity index (χ0n) is 8.65. The predicted octanol–water partition coefficient (Wildman–Crippen LogP) is 2.83. The average molecular weight is 247 g/mol. The van der Waals surface area contributed by atoms with E-state index in [1.54, 1.807) is 17.8 Å². The molecule has 1 aromatic rings. The van der Waals surface area contributed by atoms with E-state index in [0.717, 1.165) is 11.5 Å². The second kappa shape index (κ2) is 6.99. The molecule has 0 aliphatic rings. The molecule has 0 aromatic heterocycles. The Bertz CT molecular complexity index is 294. The van der Waals surface area contributed by atoms with Crippen molar-refractivity contribution in [3.63, 3.8) is 0 Å². The van der Waals surface area contributed by atoms with Gasteiger partial charge in [-0.25, -0.2) is 0 Å². The van der Waals surface area contributed by atoms with Gasteiger partial charge in [0.05, 0.1) is 18.2 Å². The molecule has 0 aliphatic heterocycles. The van der Waals surface area contributed by atoms with E-state index < -0.39 is 0 Å². The van der Waals surface area contributed by atoms with Gasteiger partial charge in [0.2, 0.25) is 0 Å². The second-order valence-corrected chi connectivity index (χ2v) is 5.10. The van der Waals surface area contributed by atoms with Crippen LogP contribution in [0.4, 0.5) is 0 Å². The minimum Gasteiger partial charge on any atom is -0.491 e. The molecule has 15 heavy (non-hydrogen) atoms. The Hall–Kier alpha value is -0.380. The first kappa shape index (κ1) is 12.7. The van der Waals surface area contributed by atoms with Crippen LogP contribution in [-0.2, 0) is 0 Å². The third-order valence-electron chi connectivity index (χ3n) is 1.84. The van der Waals surface area contributed by atoms with Crippen molar-refractivity contribution in [3.8, 4) is 5.75 Å². The van der Waals surface area contributed by atoms with Crippen molar-refractivity contribution in [2.45, 2.75) is 12.2 Å². The van der Waals surface area contributed by atoms with Crippen molar-refractivity contribution in [1.29, 1.82) is 0 Å². The molecule has 84 valence electrons. The number of aliphatic hydroxyl groups excluding tert-OH is 1. The zero-order chi connectivity index (χ0) is 11.1. The maximum Gasteiger partial charge on any atom is 0.137 e. The topological polar surface area (TPSA) is 29.5 Å². The van der Waals surface area contributed by atoms with Gasteiger partial charge in [0.25, 0.3) is 0 Å². The van der Waals surface area contributed by atoms with E-state index in [2.05, 4.69) is 0 Å². The molecule has 0 saturated heterocycles. The van der Waals surface area contributed by atoms with Crippen LogP contribution >= 0.6 is 23.4 Å². The van der Waals surface area contributed by atoms with Crippen LogP contribution in [0.25, 0.3) is 0 Å². The maximum atomic E-state index is 8.81. The first-order valence-electron chi connectivity index (χ1n) is 4.84. The van der Waals surface area contributed by atoms with E-state index in [-0.39, 0.29) is 11.9 Å². The van der Waals surface area contributed by atoms with Gasteiger partial charge in [0, 0.05) is 11.0 Å². The molecule has 0 radical (unpaired) electrons. The predicted molar refractivity (Wildman–Crippen MR) is 66.0 cm³/mol. The Kier molecular flexibility index (Phi) is 5.91. The minimum absolute atomic E-state index is 0.205. The molecule has 0 amide bonds. The third-order valence-corrected chi connectivity index (χ3v) is 3.27. The molecule has 0 saturated carbocycles. The number of thioether (sulfide) groups is 1. The monoisotopic (exact) mass is 246 g/mol. The quantitative estimate of drug-likeness (QED) is 0.783. The van der Waals surface area contributed by atoms with Gasteiger partial charge in [-0.05, 0) is 12.1 Å². The van der Waals surface area contributed by atoms with Gasteiger partial charge < -0.3 is 9.84 Å². The summed E-state index contributed by atoms with van der Waals surface area (Å²) in [4.78, 5) is 0. The summed E-state index contributed by atoms with van der Waals surface area (Å²) in [5.74, 6) is 1.57. The van der Waals surface area contributed by atoms with Gasteiger partial charge in [-0.2, -0.15) is 11.8 Å². The largest absolute Gasteiger partial charge is 0.491 e. The van der Waals surface area contributed by atoms with E-state index in [9.17, 15) is 0 Å². The smallest absolute Gasteiger partial charge is 0.137 e. The summed E-state index contributed by atoms with van der Waals surface area (Å²) < 4.78 is 5.50. The summed E-state index contributed by atoms with van der Waals surface area (Å²) in [5, 5.41) is 9.71. The molecular weight excluding hydrogens is 232 g/mol. The fourth-order valence-corrected chi connectivity index (χ4v) is 1.89. The summed E-state index contributed by atoms with van der Waals surface area (Å²) in [5.41, 5.74) is 0. The molecule has 2 nitrogen and oxygen atoms in total. The van der Waals surface area contributed by atoms with Crippen LogP contribution in [0, 0.1) is 0 Å². The lowest BCUT2D eigenvalue weighted by atomic mass is 10.3. The highest BCUT2D eigenvalue weighted by molar-refractivity contribution is 7.99. The lowest BCUT2D eigenvalue weighted by molar-refractivity contribution is 0.299. The molecule has 4 heteroatoms. The molecule has 1 aromatic carbocycles. The van der Waals surface area contributed by atoms with Crippen molar-refractivity contribution in [3.05, 3.63) is 29.3 Å². The molecule has 1 unspecified atom stereocenters. The Balaban J connectivity index is 2.23. The van der Waals surface area contributed by atoms with Crippen LogP contribution in [0.2, 0.25) is 5.02 Å². The van der Waals surface area contributed by atoms with Crippen molar-refractivity contribution in [2.75, 3.05) is 19.0 Å². The molecule has 0 spiro atoms. The van der Waals surface area contributed by atoms with Gasteiger partial charge in [-0.15, -0.1) is 0 Å². The second-order valence-electron chi connectivity index (χ2n) is 3.14. The average Bonchev–Trinajstić information content (AvgIpc) is 2.26. The Labute approximate surface area is 99.6 Å². The summed E-state index contributed by atoms with van der Waals surface area (Å²) in [7, 11) is 0. The van der Waals surface area contributed by atoms with Crippen molar-refractivity contribution < 1.29 is 9.84 Å². The van der Waals surface area contributed by atoms with Gasteiger partial charge in [0.15, 0.2) is 0 Å². The molecular formula is C11H15ClO2S. The first-order valence-corrected chi connectivity index (χ1v) is 6.26. The molecule has 0 aliphatic carbocycles. The number of hydrogen-bond donors (Lipinski definition) is 1. The number of ether oxygens (including phenoxy) is 1. The summed E-state index contributed by atoms with van der Waals surface area (Å²) in [6, 6.07) is 7.42. The fourth-order valence-electron chi connectivity index (χ4n) is 1.02. The maximum absolute atomic E-state index is 8.81. The van der Waals surface area contributed by atoms with Gasteiger partial charge in [0.1, 0.15) is 5.75 Å². The SMILES string of the molecule is CC(CO)SCCOc1ccccc1Cl. The highest BCUT2D eigenvalue weighted by Crippen LogP contribution is 2.23. The zero-order valence-corrected chi connectivity index (χ0v) is 10.2. The highest BCUT2D eigenvalue weighted by atomic mass is 35.5. The van der Waals surface area contributed by atoms with E-state index >= 15 is 0 Å². The Morgan fingerprint density at radius 2 is 2.20 bits per heavy atom. The number of para-hydroxylation sites is 1. The van der Waals surface area contributed by atoms with Crippen LogP contribution in [0.5, 0.6) is 5.75 Å². The van der Waals surface area contributed by atoms with E-state index in [0.29, 0.717) is 11.6 Å². The minimum atomic E-state index is 0.205. The third kappa shape index (κ3) is 4.78. The number of hydrogen-bond acceptors (Lipinski definition) is 3. The van der Waals surface area contributed by atoms with E-state index in [1.807, 2.05) is 25.1 Å². The van der Waals surface area contributed by atoms with E-state index in [4.69, 9.17) is 21.4 Å². The molecule has 1 atom stereocenters.